The summed E-state index contributed by atoms with van der Waals surface area (Å²) in [5.41, 5.74) is -1.40. The second-order valence-electron chi connectivity index (χ2n) is 6.26. The Balaban J connectivity index is 1.69. The average molecular weight is 400 g/mol. The summed E-state index contributed by atoms with van der Waals surface area (Å²) in [6.07, 6.45) is -5.91. The Morgan fingerprint density at radius 1 is 1.15 bits per heavy atom. The molecule has 27 heavy (non-hydrogen) atoms. The standard InChI is InChI=1S/C19H17ClF3NO3/c20-12-5-7-13(8-6-12)27-17-9-10-24(11-16(17)25)18(26)14-3-1-2-4-15(14)19(21,22)23/h1-8,16-17,25H,9-11H2/t16-,17-/m1/s1. The number of carbonyl (C=O) groups excluding carboxylic acids is 1. The summed E-state index contributed by atoms with van der Waals surface area (Å²) in [6, 6.07) is 11.3. The van der Waals surface area contributed by atoms with E-state index in [0.717, 1.165) is 12.1 Å². The molecule has 0 unspecified atom stereocenters. The number of hydrogen-bond donors (Lipinski definition) is 1. The van der Waals surface area contributed by atoms with Crippen molar-refractivity contribution in [3.63, 3.8) is 0 Å². The third-order valence-electron chi connectivity index (χ3n) is 4.37. The van der Waals surface area contributed by atoms with Gasteiger partial charge in [-0.2, -0.15) is 13.2 Å². The van der Waals surface area contributed by atoms with E-state index >= 15 is 0 Å². The molecular formula is C19H17ClF3NO3. The van der Waals surface area contributed by atoms with Crippen LogP contribution in [-0.2, 0) is 6.18 Å². The highest BCUT2D eigenvalue weighted by Gasteiger charge is 2.38. The van der Waals surface area contributed by atoms with Crippen LogP contribution in [0.4, 0.5) is 13.2 Å². The first-order valence-corrected chi connectivity index (χ1v) is 8.69. The molecular weight excluding hydrogens is 383 g/mol. The minimum absolute atomic E-state index is 0.108. The van der Waals surface area contributed by atoms with Crippen LogP contribution in [0.5, 0.6) is 5.75 Å². The van der Waals surface area contributed by atoms with Gasteiger partial charge in [0.15, 0.2) is 0 Å². The lowest BCUT2D eigenvalue weighted by molar-refractivity contribution is -0.138. The van der Waals surface area contributed by atoms with Crippen molar-refractivity contribution in [1.29, 1.82) is 0 Å². The molecule has 1 saturated heterocycles. The van der Waals surface area contributed by atoms with Gasteiger partial charge in [0, 0.05) is 18.0 Å². The number of hydrogen-bond acceptors (Lipinski definition) is 3. The summed E-state index contributed by atoms with van der Waals surface area (Å²) >= 11 is 5.81. The van der Waals surface area contributed by atoms with E-state index in [2.05, 4.69) is 0 Å². The maximum atomic E-state index is 13.1. The van der Waals surface area contributed by atoms with Gasteiger partial charge in [0.05, 0.1) is 17.7 Å². The van der Waals surface area contributed by atoms with Crippen LogP contribution >= 0.6 is 11.6 Å². The summed E-state index contributed by atoms with van der Waals surface area (Å²) in [7, 11) is 0. The lowest BCUT2D eigenvalue weighted by Gasteiger charge is -2.36. The molecule has 1 N–H and O–H groups in total. The first-order valence-electron chi connectivity index (χ1n) is 8.31. The molecule has 144 valence electrons. The van der Waals surface area contributed by atoms with Gasteiger partial charge in [-0.3, -0.25) is 4.79 Å². The van der Waals surface area contributed by atoms with E-state index in [4.69, 9.17) is 16.3 Å². The van der Waals surface area contributed by atoms with Crippen molar-refractivity contribution < 1.29 is 27.8 Å². The monoisotopic (exact) mass is 399 g/mol. The predicted octanol–water partition coefficient (Wildman–Crippen LogP) is 4.01. The lowest BCUT2D eigenvalue weighted by Crippen LogP contribution is -2.51. The number of benzene rings is 2. The molecule has 2 aromatic carbocycles. The van der Waals surface area contributed by atoms with Crippen LogP contribution in [0.3, 0.4) is 0 Å². The smallest absolute Gasteiger partial charge is 0.417 e. The first kappa shape index (κ1) is 19.5. The van der Waals surface area contributed by atoms with Gasteiger partial charge in [-0.15, -0.1) is 0 Å². The van der Waals surface area contributed by atoms with E-state index in [0.29, 0.717) is 17.2 Å². The molecule has 0 aromatic heterocycles. The minimum atomic E-state index is -4.62. The Bertz CT molecular complexity index is 811. The van der Waals surface area contributed by atoms with E-state index in [1.807, 2.05) is 0 Å². The molecule has 0 aliphatic carbocycles. The molecule has 8 heteroatoms. The second kappa shape index (κ2) is 7.78. The number of likely N-dealkylation sites (tertiary alicyclic amines) is 1. The largest absolute Gasteiger partial charge is 0.488 e. The van der Waals surface area contributed by atoms with Crippen molar-refractivity contribution in [2.24, 2.45) is 0 Å². The normalized spacial score (nSPS) is 20.4. The quantitative estimate of drug-likeness (QED) is 0.848. The van der Waals surface area contributed by atoms with Crippen molar-refractivity contribution >= 4 is 17.5 Å². The van der Waals surface area contributed by atoms with Gasteiger partial charge in [0.25, 0.3) is 5.91 Å². The SMILES string of the molecule is O=C(c1ccccc1C(F)(F)F)N1CC[C@@H](Oc2ccc(Cl)cc2)[C@H](O)C1. The summed E-state index contributed by atoms with van der Waals surface area (Å²) < 4.78 is 45.1. The van der Waals surface area contributed by atoms with Gasteiger partial charge in [0.2, 0.25) is 0 Å². The molecule has 1 amide bonds. The molecule has 2 atom stereocenters. The maximum absolute atomic E-state index is 13.1. The Kier molecular flexibility index (Phi) is 5.62. The van der Waals surface area contributed by atoms with Gasteiger partial charge in [-0.25, -0.2) is 0 Å². The summed E-state index contributed by atoms with van der Waals surface area (Å²) in [5, 5.41) is 10.9. The number of nitrogens with zero attached hydrogens (tertiary/aromatic N) is 1. The number of ether oxygens (including phenoxy) is 1. The minimum Gasteiger partial charge on any atom is -0.488 e. The van der Waals surface area contributed by atoms with Crippen LogP contribution < -0.4 is 4.74 Å². The Morgan fingerprint density at radius 2 is 1.81 bits per heavy atom. The number of β-amino-alcohol motifs (C(OH)–C–C–N with tert-alkyl or cyclic N) is 1. The summed E-state index contributed by atoms with van der Waals surface area (Å²) in [4.78, 5) is 13.8. The highest BCUT2D eigenvalue weighted by molar-refractivity contribution is 6.30. The maximum Gasteiger partial charge on any atom is 0.417 e. The van der Waals surface area contributed by atoms with Crippen LogP contribution in [0.1, 0.15) is 22.3 Å². The zero-order chi connectivity index (χ0) is 19.6. The Morgan fingerprint density at radius 3 is 2.44 bits per heavy atom. The van der Waals surface area contributed by atoms with E-state index in [9.17, 15) is 23.1 Å². The fourth-order valence-corrected chi connectivity index (χ4v) is 3.13. The van der Waals surface area contributed by atoms with Crippen LogP contribution in [0.25, 0.3) is 0 Å². The fourth-order valence-electron chi connectivity index (χ4n) is 3.01. The van der Waals surface area contributed by atoms with Gasteiger partial charge in [0.1, 0.15) is 18.0 Å². The van der Waals surface area contributed by atoms with Crippen LogP contribution in [0, 0.1) is 0 Å². The average Bonchev–Trinajstić information content (AvgIpc) is 2.64. The van der Waals surface area contributed by atoms with E-state index in [1.54, 1.807) is 24.3 Å². The summed E-state index contributed by atoms with van der Waals surface area (Å²) in [6.45, 7) is 0.0730. The molecule has 1 fully saturated rings. The van der Waals surface area contributed by atoms with Crippen molar-refractivity contribution in [3.05, 3.63) is 64.7 Å². The van der Waals surface area contributed by atoms with Gasteiger partial charge >= 0.3 is 6.18 Å². The second-order valence-corrected chi connectivity index (χ2v) is 6.70. The number of alkyl halides is 3. The van der Waals surface area contributed by atoms with Crippen molar-refractivity contribution in [3.8, 4) is 5.75 Å². The molecule has 0 saturated carbocycles. The third-order valence-corrected chi connectivity index (χ3v) is 4.62. The predicted molar refractivity (Wildman–Crippen MR) is 93.8 cm³/mol. The molecule has 2 aromatic rings. The van der Waals surface area contributed by atoms with E-state index < -0.39 is 35.4 Å². The molecule has 0 radical (unpaired) electrons. The number of piperidine rings is 1. The molecule has 1 heterocycles. The Labute approximate surface area is 159 Å². The number of halogens is 4. The molecule has 3 rings (SSSR count). The lowest BCUT2D eigenvalue weighted by atomic mass is 10.0. The summed E-state index contributed by atoms with van der Waals surface area (Å²) in [5.74, 6) is -0.238. The molecule has 0 bridgehead atoms. The number of rotatable bonds is 3. The zero-order valence-electron chi connectivity index (χ0n) is 14.1. The third kappa shape index (κ3) is 4.54. The van der Waals surface area contributed by atoms with Gasteiger partial charge < -0.3 is 14.7 Å². The van der Waals surface area contributed by atoms with E-state index in [-0.39, 0.29) is 13.1 Å². The highest BCUT2D eigenvalue weighted by atomic mass is 35.5. The molecule has 1 aliphatic heterocycles. The Hall–Kier alpha value is -2.25. The number of aliphatic hydroxyl groups is 1. The number of amides is 1. The van der Waals surface area contributed by atoms with Crippen molar-refractivity contribution in [2.75, 3.05) is 13.1 Å². The fraction of sp³-hybridized carbons (Fsp3) is 0.316. The molecule has 1 aliphatic rings. The molecule has 4 nitrogen and oxygen atoms in total. The van der Waals surface area contributed by atoms with Crippen LogP contribution in [0.15, 0.2) is 48.5 Å². The van der Waals surface area contributed by atoms with Crippen LogP contribution in [-0.4, -0.2) is 41.2 Å². The highest BCUT2D eigenvalue weighted by Crippen LogP contribution is 2.33. The topological polar surface area (TPSA) is 49.8 Å². The number of carbonyl (C=O) groups is 1. The van der Waals surface area contributed by atoms with Crippen molar-refractivity contribution in [2.45, 2.75) is 24.8 Å². The van der Waals surface area contributed by atoms with Crippen LogP contribution in [0.2, 0.25) is 5.02 Å². The van der Waals surface area contributed by atoms with Gasteiger partial charge in [-0.05, 0) is 36.4 Å². The zero-order valence-corrected chi connectivity index (χ0v) is 14.9. The van der Waals surface area contributed by atoms with Gasteiger partial charge in [-0.1, -0.05) is 23.7 Å². The first-order chi connectivity index (χ1) is 12.8. The van der Waals surface area contributed by atoms with E-state index in [1.165, 1.54) is 17.0 Å². The van der Waals surface area contributed by atoms with Crippen molar-refractivity contribution in [1.82, 2.24) is 4.90 Å². The number of aliphatic hydroxyl groups excluding tert-OH is 1. The molecule has 0 spiro atoms.